The third-order valence-corrected chi connectivity index (χ3v) is 4.15. The molecule has 2 rings (SSSR count). The van der Waals surface area contributed by atoms with E-state index in [2.05, 4.69) is 0 Å². The van der Waals surface area contributed by atoms with Crippen molar-refractivity contribution in [2.75, 3.05) is 12.9 Å². The highest BCUT2D eigenvalue weighted by molar-refractivity contribution is 7.90. The van der Waals surface area contributed by atoms with E-state index in [1.165, 1.54) is 48.5 Å². The zero-order valence-corrected chi connectivity index (χ0v) is 12.9. The van der Waals surface area contributed by atoms with E-state index in [0.717, 1.165) is 6.26 Å². The Morgan fingerprint density at radius 2 is 1.65 bits per heavy atom. The third-order valence-electron chi connectivity index (χ3n) is 3.02. The number of hydrogen-bond donors (Lipinski definition) is 0. The average molecular weight is 335 g/mol. The van der Waals surface area contributed by atoms with E-state index in [4.69, 9.17) is 4.74 Å². The van der Waals surface area contributed by atoms with Gasteiger partial charge in [0.25, 0.3) is 5.69 Å². The fraction of sp³-hybridized carbons (Fsp3) is 0.133. The van der Waals surface area contributed by atoms with Crippen molar-refractivity contribution in [3.63, 3.8) is 0 Å². The second kappa shape index (κ2) is 6.57. The van der Waals surface area contributed by atoms with E-state index in [1.54, 1.807) is 0 Å². The molecule has 0 saturated carbocycles. The van der Waals surface area contributed by atoms with Crippen molar-refractivity contribution in [2.24, 2.45) is 0 Å². The molecule has 0 amide bonds. The molecule has 0 bridgehead atoms. The lowest BCUT2D eigenvalue weighted by Crippen LogP contribution is -2.11. The summed E-state index contributed by atoms with van der Waals surface area (Å²) < 4.78 is 27.9. The third kappa shape index (κ3) is 4.36. The number of Topliss-reactive ketones (excluding diaryl/α,β-unsaturated/α-hetero) is 1. The molecule has 0 unspecified atom stereocenters. The van der Waals surface area contributed by atoms with Crippen molar-refractivity contribution in [1.29, 1.82) is 0 Å². The zero-order chi connectivity index (χ0) is 17.0. The van der Waals surface area contributed by atoms with Crippen LogP contribution in [0.3, 0.4) is 0 Å². The van der Waals surface area contributed by atoms with Gasteiger partial charge in [0.05, 0.1) is 9.82 Å². The second-order valence-corrected chi connectivity index (χ2v) is 6.78. The van der Waals surface area contributed by atoms with Gasteiger partial charge < -0.3 is 4.74 Å². The molecule has 0 heterocycles. The molecule has 0 spiro atoms. The molecular formula is C15H13NO6S. The first-order valence-corrected chi connectivity index (χ1v) is 8.37. The Bertz CT molecular complexity index is 825. The average Bonchev–Trinajstić information content (AvgIpc) is 2.52. The van der Waals surface area contributed by atoms with Gasteiger partial charge in [-0.05, 0) is 36.4 Å². The maximum Gasteiger partial charge on any atom is 0.269 e. The van der Waals surface area contributed by atoms with Gasteiger partial charge in [0.15, 0.2) is 22.2 Å². The van der Waals surface area contributed by atoms with Gasteiger partial charge in [0.2, 0.25) is 0 Å². The molecule has 0 fully saturated rings. The lowest BCUT2D eigenvalue weighted by Gasteiger charge is -2.06. The number of nitrogens with zero attached hydrogens (tertiary/aromatic N) is 1. The monoisotopic (exact) mass is 335 g/mol. The summed E-state index contributed by atoms with van der Waals surface area (Å²) in [6.07, 6.45) is 1.08. The summed E-state index contributed by atoms with van der Waals surface area (Å²) in [6, 6.07) is 10.9. The van der Waals surface area contributed by atoms with Crippen molar-refractivity contribution in [3.05, 3.63) is 64.2 Å². The Kier molecular flexibility index (Phi) is 4.75. The standard InChI is InChI=1S/C15H13NO6S/c1-23(20,21)14-8-2-11(3-9-14)15(17)10-22-13-6-4-12(5-7-13)16(18)19/h2-9H,10H2,1H3. The Labute approximate surface area is 132 Å². The first kappa shape index (κ1) is 16.6. The summed E-state index contributed by atoms with van der Waals surface area (Å²) in [5.74, 6) is 0.000102. The Morgan fingerprint density at radius 3 is 2.13 bits per heavy atom. The molecule has 0 aliphatic carbocycles. The molecule has 0 aromatic heterocycles. The van der Waals surface area contributed by atoms with E-state index in [-0.39, 0.29) is 23.0 Å². The molecule has 2 aromatic carbocycles. The topological polar surface area (TPSA) is 104 Å². The van der Waals surface area contributed by atoms with Crippen molar-refractivity contribution in [3.8, 4) is 5.75 Å². The summed E-state index contributed by atoms with van der Waals surface area (Å²) in [6.45, 7) is -0.254. The van der Waals surface area contributed by atoms with Crippen LogP contribution in [-0.2, 0) is 9.84 Å². The molecule has 0 radical (unpaired) electrons. The number of carbonyl (C=O) groups is 1. The quantitative estimate of drug-likeness (QED) is 0.456. The number of carbonyl (C=O) groups excluding carboxylic acids is 1. The molecule has 0 aliphatic rings. The van der Waals surface area contributed by atoms with Crippen LogP contribution in [0.1, 0.15) is 10.4 Å². The van der Waals surface area contributed by atoms with Crippen LogP contribution in [0.15, 0.2) is 53.4 Å². The lowest BCUT2D eigenvalue weighted by molar-refractivity contribution is -0.384. The highest BCUT2D eigenvalue weighted by Crippen LogP contribution is 2.18. The Balaban J connectivity index is 2.00. The van der Waals surface area contributed by atoms with Gasteiger partial charge in [-0.3, -0.25) is 14.9 Å². The van der Waals surface area contributed by atoms with Gasteiger partial charge in [0, 0.05) is 24.0 Å². The molecule has 23 heavy (non-hydrogen) atoms. The summed E-state index contributed by atoms with van der Waals surface area (Å²) in [5, 5.41) is 10.5. The van der Waals surface area contributed by atoms with Gasteiger partial charge >= 0.3 is 0 Å². The summed E-state index contributed by atoms with van der Waals surface area (Å²) >= 11 is 0. The second-order valence-electron chi connectivity index (χ2n) is 4.76. The SMILES string of the molecule is CS(=O)(=O)c1ccc(C(=O)COc2ccc([N+](=O)[O-])cc2)cc1. The highest BCUT2D eigenvalue weighted by Gasteiger charge is 2.11. The van der Waals surface area contributed by atoms with Gasteiger partial charge in [0.1, 0.15) is 5.75 Å². The number of non-ortho nitro benzene ring substituents is 1. The minimum Gasteiger partial charge on any atom is -0.485 e. The smallest absolute Gasteiger partial charge is 0.269 e. The first-order chi connectivity index (χ1) is 10.8. The minimum absolute atomic E-state index is 0.0694. The summed E-state index contributed by atoms with van der Waals surface area (Å²) in [7, 11) is -3.31. The van der Waals surface area contributed by atoms with Crippen molar-refractivity contribution in [2.45, 2.75) is 4.90 Å². The van der Waals surface area contributed by atoms with Gasteiger partial charge in [-0.25, -0.2) is 8.42 Å². The van der Waals surface area contributed by atoms with Crippen LogP contribution in [-0.4, -0.2) is 32.0 Å². The van der Waals surface area contributed by atoms with Gasteiger partial charge in [-0.1, -0.05) is 0 Å². The largest absolute Gasteiger partial charge is 0.485 e. The van der Waals surface area contributed by atoms with Crippen molar-refractivity contribution < 1.29 is 22.9 Å². The first-order valence-electron chi connectivity index (χ1n) is 6.48. The van der Waals surface area contributed by atoms with E-state index >= 15 is 0 Å². The zero-order valence-electron chi connectivity index (χ0n) is 12.1. The maximum atomic E-state index is 12.0. The predicted molar refractivity (Wildman–Crippen MR) is 82.5 cm³/mol. The number of sulfone groups is 1. The van der Waals surface area contributed by atoms with E-state index < -0.39 is 14.8 Å². The van der Waals surface area contributed by atoms with Crippen LogP contribution in [0.25, 0.3) is 0 Å². The van der Waals surface area contributed by atoms with E-state index in [9.17, 15) is 23.3 Å². The molecule has 0 aliphatic heterocycles. The molecule has 7 nitrogen and oxygen atoms in total. The molecule has 0 N–H and O–H groups in total. The molecular weight excluding hydrogens is 322 g/mol. The minimum atomic E-state index is -3.31. The van der Waals surface area contributed by atoms with Crippen LogP contribution in [0.2, 0.25) is 0 Å². The molecule has 0 saturated heterocycles. The maximum absolute atomic E-state index is 12.0. The van der Waals surface area contributed by atoms with E-state index in [0.29, 0.717) is 11.3 Å². The van der Waals surface area contributed by atoms with Crippen LogP contribution in [0.4, 0.5) is 5.69 Å². The van der Waals surface area contributed by atoms with E-state index in [1.807, 2.05) is 0 Å². The number of ether oxygens (including phenoxy) is 1. The predicted octanol–water partition coefficient (Wildman–Crippen LogP) is 2.26. The van der Waals surface area contributed by atoms with Gasteiger partial charge in [-0.15, -0.1) is 0 Å². The number of benzene rings is 2. The molecule has 2 aromatic rings. The van der Waals surface area contributed by atoms with Crippen LogP contribution < -0.4 is 4.74 Å². The number of ketones is 1. The van der Waals surface area contributed by atoms with Crippen LogP contribution in [0.5, 0.6) is 5.75 Å². The number of hydrogen-bond acceptors (Lipinski definition) is 6. The van der Waals surface area contributed by atoms with Gasteiger partial charge in [-0.2, -0.15) is 0 Å². The summed E-state index contributed by atoms with van der Waals surface area (Å²) in [5.41, 5.74) is 0.249. The van der Waals surface area contributed by atoms with Crippen molar-refractivity contribution >= 4 is 21.3 Å². The normalized spacial score (nSPS) is 11.0. The fourth-order valence-electron chi connectivity index (χ4n) is 1.78. The highest BCUT2D eigenvalue weighted by atomic mass is 32.2. The number of rotatable bonds is 6. The molecule has 0 atom stereocenters. The fourth-order valence-corrected chi connectivity index (χ4v) is 2.41. The molecule has 8 heteroatoms. The van der Waals surface area contributed by atoms with Crippen LogP contribution in [0, 0.1) is 10.1 Å². The Hall–Kier alpha value is -2.74. The lowest BCUT2D eigenvalue weighted by atomic mass is 10.1. The Morgan fingerprint density at radius 1 is 1.09 bits per heavy atom. The summed E-state index contributed by atoms with van der Waals surface area (Å²) in [4.78, 5) is 22.1. The number of nitro groups is 1. The van der Waals surface area contributed by atoms with Crippen molar-refractivity contribution in [1.82, 2.24) is 0 Å². The van der Waals surface area contributed by atoms with Crippen LogP contribution >= 0.6 is 0 Å². The molecule has 120 valence electrons. The number of nitro benzene ring substituents is 1.